The molecule has 0 aliphatic heterocycles. The Morgan fingerprint density at radius 2 is 2.36 bits per heavy atom. The van der Waals surface area contributed by atoms with Crippen molar-refractivity contribution in [2.75, 3.05) is 0 Å². The van der Waals surface area contributed by atoms with Gasteiger partial charge in [0.15, 0.2) is 5.78 Å². The molecule has 1 aliphatic carbocycles. The van der Waals surface area contributed by atoms with E-state index in [-0.39, 0.29) is 11.6 Å². The summed E-state index contributed by atoms with van der Waals surface area (Å²) in [5, 5.41) is 8.99. The Morgan fingerprint density at radius 1 is 1.64 bits per heavy atom. The number of ketones is 2. The van der Waals surface area contributed by atoms with Crippen LogP contribution in [0.1, 0.15) is 45.4 Å². The number of Topliss-reactive ketones (excluding diaryl/α,β-unsaturated/α-hetero) is 2. The van der Waals surface area contributed by atoms with Crippen molar-refractivity contribution in [2.24, 2.45) is 5.41 Å². The van der Waals surface area contributed by atoms with Crippen LogP contribution in [-0.4, -0.2) is 11.6 Å². The first-order valence-corrected chi connectivity index (χ1v) is 5.11. The van der Waals surface area contributed by atoms with Gasteiger partial charge in [0.05, 0.1) is 6.07 Å². The van der Waals surface area contributed by atoms with Crippen LogP contribution >= 0.6 is 0 Å². The summed E-state index contributed by atoms with van der Waals surface area (Å²) in [4.78, 5) is 22.6. The molecule has 3 nitrogen and oxygen atoms in total. The molecule has 0 aromatic heterocycles. The van der Waals surface area contributed by atoms with Gasteiger partial charge in [0, 0.05) is 19.3 Å². The predicted molar refractivity (Wildman–Crippen MR) is 51.4 cm³/mol. The van der Waals surface area contributed by atoms with Crippen LogP contribution in [0.15, 0.2) is 0 Å². The second-order valence-electron chi connectivity index (χ2n) is 3.86. The molecule has 0 N–H and O–H groups in total. The molecular formula is C11H15NO2. The lowest BCUT2D eigenvalue weighted by Crippen LogP contribution is -2.24. The van der Waals surface area contributed by atoms with E-state index < -0.39 is 5.41 Å². The van der Waals surface area contributed by atoms with E-state index in [1.165, 1.54) is 0 Å². The zero-order chi connectivity index (χ0) is 10.6. The first kappa shape index (κ1) is 10.9. The average molecular weight is 193 g/mol. The smallest absolute Gasteiger partial charge is 0.153 e. The Balaban J connectivity index is 2.60. The number of hydrogen-bond donors (Lipinski definition) is 0. The summed E-state index contributed by atoms with van der Waals surface area (Å²) in [6, 6.07) is 2.10. The largest absolute Gasteiger partial charge is 0.300 e. The summed E-state index contributed by atoms with van der Waals surface area (Å²) in [6.45, 7) is 1.80. The first-order chi connectivity index (χ1) is 6.64. The maximum absolute atomic E-state index is 11.5. The van der Waals surface area contributed by atoms with Crippen LogP contribution in [-0.2, 0) is 9.59 Å². The summed E-state index contributed by atoms with van der Waals surface area (Å²) in [5.74, 6) is 0.170. The van der Waals surface area contributed by atoms with Gasteiger partial charge in [-0.1, -0.05) is 6.92 Å². The van der Waals surface area contributed by atoms with Crippen LogP contribution in [0.25, 0.3) is 0 Å². The molecule has 0 aromatic rings. The fourth-order valence-electron chi connectivity index (χ4n) is 1.90. The summed E-state index contributed by atoms with van der Waals surface area (Å²) in [5.41, 5.74) is -0.829. The van der Waals surface area contributed by atoms with Crippen molar-refractivity contribution < 1.29 is 9.59 Å². The molecular weight excluding hydrogens is 178 g/mol. The van der Waals surface area contributed by atoms with E-state index in [1.54, 1.807) is 6.92 Å². The van der Waals surface area contributed by atoms with E-state index in [9.17, 15) is 9.59 Å². The average Bonchev–Trinajstić information content (AvgIpc) is 2.57. The lowest BCUT2D eigenvalue weighted by atomic mass is 9.81. The Bertz CT molecular complexity index is 290. The molecule has 0 spiro atoms. The minimum Gasteiger partial charge on any atom is -0.300 e. The molecule has 0 bridgehead atoms. The van der Waals surface area contributed by atoms with Gasteiger partial charge in [-0.2, -0.15) is 5.26 Å². The van der Waals surface area contributed by atoms with E-state index >= 15 is 0 Å². The fraction of sp³-hybridized carbons (Fsp3) is 0.727. The molecule has 1 aliphatic rings. The molecule has 1 fully saturated rings. The predicted octanol–water partition coefficient (Wildman–Crippen LogP) is 2.01. The minimum atomic E-state index is -0.829. The Kier molecular flexibility index (Phi) is 3.40. The highest BCUT2D eigenvalue weighted by atomic mass is 16.1. The van der Waals surface area contributed by atoms with E-state index in [2.05, 4.69) is 6.07 Å². The molecule has 1 saturated carbocycles. The highest BCUT2D eigenvalue weighted by Gasteiger charge is 2.41. The van der Waals surface area contributed by atoms with Gasteiger partial charge >= 0.3 is 0 Å². The lowest BCUT2D eigenvalue weighted by Gasteiger charge is -2.17. The van der Waals surface area contributed by atoms with Crippen molar-refractivity contribution in [1.29, 1.82) is 5.26 Å². The fourth-order valence-corrected chi connectivity index (χ4v) is 1.90. The van der Waals surface area contributed by atoms with Crippen LogP contribution < -0.4 is 0 Å². The molecule has 1 rings (SSSR count). The van der Waals surface area contributed by atoms with E-state index in [0.29, 0.717) is 32.1 Å². The zero-order valence-electron chi connectivity index (χ0n) is 8.51. The molecule has 0 amide bonds. The minimum absolute atomic E-state index is 0.0314. The quantitative estimate of drug-likeness (QED) is 0.686. The van der Waals surface area contributed by atoms with E-state index in [1.807, 2.05) is 0 Å². The van der Waals surface area contributed by atoms with Gasteiger partial charge in [-0.05, 0) is 19.3 Å². The lowest BCUT2D eigenvalue weighted by molar-refractivity contribution is -0.124. The van der Waals surface area contributed by atoms with Crippen LogP contribution in [0, 0.1) is 16.7 Å². The van der Waals surface area contributed by atoms with Gasteiger partial charge in [0.2, 0.25) is 0 Å². The SMILES string of the molecule is CCC(=O)CCC1(C#N)CCCC1=O. The summed E-state index contributed by atoms with van der Waals surface area (Å²) < 4.78 is 0. The van der Waals surface area contributed by atoms with Gasteiger partial charge in [-0.15, -0.1) is 0 Å². The molecule has 0 radical (unpaired) electrons. The highest BCUT2D eigenvalue weighted by Crippen LogP contribution is 2.38. The van der Waals surface area contributed by atoms with E-state index in [0.717, 1.165) is 6.42 Å². The molecule has 14 heavy (non-hydrogen) atoms. The second kappa shape index (κ2) is 4.36. The van der Waals surface area contributed by atoms with Crippen LogP contribution in [0.3, 0.4) is 0 Å². The van der Waals surface area contributed by atoms with Gasteiger partial charge in [-0.25, -0.2) is 0 Å². The number of nitrogens with zero attached hydrogens (tertiary/aromatic N) is 1. The van der Waals surface area contributed by atoms with Crippen molar-refractivity contribution in [1.82, 2.24) is 0 Å². The molecule has 3 heteroatoms. The maximum Gasteiger partial charge on any atom is 0.153 e. The standard InChI is InChI=1S/C11H15NO2/c1-2-9(13)5-7-11(8-12)6-3-4-10(11)14/h2-7H2,1H3. The summed E-state index contributed by atoms with van der Waals surface area (Å²) in [7, 11) is 0. The molecule has 0 saturated heterocycles. The Hall–Kier alpha value is -1.17. The molecule has 76 valence electrons. The van der Waals surface area contributed by atoms with Gasteiger partial charge in [0.1, 0.15) is 11.2 Å². The van der Waals surface area contributed by atoms with Crippen molar-refractivity contribution in [3.8, 4) is 6.07 Å². The molecule has 1 unspecified atom stereocenters. The second-order valence-corrected chi connectivity index (χ2v) is 3.86. The van der Waals surface area contributed by atoms with Crippen molar-refractivity contribution >= 4 is 11.6 Å². The number of hydrogen-bond acceptors (Lipinski definition) is 3. The van der Waals surface area contributed by atoms with Gasteiger partial charge < -0.3 is 0 Å². The van der Waals surface area contributed by atoms with Crippen LogP contribution in [0.2, 0.25) is 0 Å². The van der Waals surface area contributed by atoms with Crippen molar-refractivity contribution in [3.63, 3.8) is 0 Å². The third kappa shape index (κ3) is 2.01. The number of carbonyl (C=O) groups is 2. The van der Waals surface area contributed by atoms with E-state index in [4.69, 9.17) is 5.26 Å². The summed E-state index contributed by atoms with van der Waals surface area (Å²) in [6.07, 6.45) is 3.24. The number of carbonyl (C=O) groups excluding carboxylic acids is 2. The third-order valence-corrected chi connectivity index (χ3v) is 2.98. The number of nitriles is 1. The van der Waals surface area contributed by atoms with Crippen molar-refractivity contribution in [2.45, 2.75) is 45.4 Å². The summed E-state index contributed by atoms with van der Waals surface area (Å²) >= 11 is 0. The number of rotatable bonds is 4. The zero-order valence-corrected chi connectivity index (χ0v) is 8.51. The molecule has 0 aromatic carbocycles. The Labute approximate surface area is 84.1 Å². The topological polar surface area (TPSA) is 57.9 Å². The van der Waals surface area contributed by atoms with Crippen LogP contribution in [0.5, 0.6) is 0 Å². The Morgan fingerprint density at radius 3 is 2.79 bits per heavy atom. The first-order valence-electron chi connectivity index (χ1n) is 5.11. The van der Waals surface area contributed by atoms with Gasteiger partial charge in [0.25, 0.3) is 0 Å². The molecule has 1 atom stereocenters. The van der Waals surface area contributed by atoms with Crippen molar-refractivity contribution in [3.05, 3.63) is 0 Å². The van der Waals surface area contributed by atoms with Gasteiger partial charge in [-0.3, -0.25) is 9.59 Å². The van der Waals surface area contributed by atoms with Crippen LogP contribution in [0.4, 0.5) is 0 Å². The third-order valence-electron chi connectivity index (χ3n) is 2.98. The molecule has 0 heterocycles. The maximum atomic E-state index is 11.5. The highest BCUT2D eigenvalue weighted by molar-refractivity contribution is 5.90. The monoisotopic (exact) mass is 193 g/mol. The normalized spacial score (nSPS) is 26.1.